The molecule has 0 amide bonds. The van der Waals surface area contributed by atoms with Gasteiger partial charge in [0.25, 0.3) is 0 Å². The first-order valence-electron chi connectivity index (χ1n) is 2.79. The Balaban J connectivity index is 2.42. The topological polar surface area (TPSA) is 37.3 Å². The van der Waals surface area contributed by atoms with E-state index in [1.54, 1.807) is 0 Å². The van der Waals surface area contributed by atoms with Crippen LogP contribution in [0.3, 0.4) is 0 Å². The van der Waals surface area contributed by atoms with Crippen molar-refractivity contribution in [2.75, 3.05) is 6.61 Å². The molecule has 1 fully saturated rings. The van der Waals surface area contributed by atoms with Crippen molar-refractivity contribution >= 4 is 6.29 Å². The van der Waals surface area contributed by atoms with Gasteiger partial charge in [-0.15, -0.1) is 0 Å². The number of aldehydes is 1. The predicted molar refractivity (Wildman–Crippen MR) is 29.4 cm³/mol. The van der Waals surface area contributed by atoms with Crippen molar-refractivity contribution in [1.82, 2.24) is 0 Å². The van der Waals surface area contributed by atoms with E-state index in [1.165, 1.54) is 0 Å². The van der Waals surface area contributed by atoms with Crippen LogP contribution in [0.5, 0.6) is 0 Å². The molecule has 0 radical (unpaired) electrons. The van der Waals surface area contributed by atoms with Crippen molar-refractivity contribution in [1.29, 1.82) is 0 Å². The molecule has 0 unspecified atom stereocenters. The van der Waals surface area contributed by atoms with E-state index in [0.29, 0.717) is 0 Å². The monoisotopic (exact) mass is 114 g/mol. The highest BCUT2D eigenvalue weighted by molar-refractivity contribution is 5.59. The Morgan fingerprint density at radius 1 is 2.00 bits per heavy atom. The maximum absolute atomic E-state index is 10.0. The molecule has 0 bridgehead atoms. The number of carbonyl (C=O) groups excluding carboxylic acids is 1. The SMILES string of the molecule is C[C@@]1(CO)C[C@H]1C=O. The van der Waals surface area contributed by atoms with Crippen molar-refractivity contribution in [3.05, 3.63) is 0 Å². The van der Waals surface area contributed by atoms with E-state index in [4.69, 9.17) is 5.11 Å². The Kier molecular flexibility index (Phi) is 1.12. The second-order valence-corrected chi connectivity index (χ2v) is 2.76. The summed E-state index contributed by atoms with van der Waals surface area (Å²) in [6.45, 7) is 2.07. The molecule has 2 atom stereocenters. The highest BCUT2D eigenvalue weighted by Gasteiger charge is 2.49. The Labute approximate surface area is 48.5 Å². The van der Waals surface area contributed by atoms with Crippen LogP contribution < -0.4 is 0 Å². The third kappa shape index (κ3) is 0.650. The summed E-state index contributed by atoms with van der Waals surface area (Å²) >= 11 is 0. The first-order chi connectivity index (χ1) is 3.73. The van der Waals surface area contributed by atoms with Crippen LogP contribution in [0.4, 0.5) is 0 Å². The smallest absolute Gasteiger partial charge is 0.123 e. The maximum atomic E-state index is 10.0. The van der Waals surface area contributed by atoms with Gasteiger partial charge in [0.05, 0.1) is 0 Å². The van der Waals surface area contributed by atoms with Gasteiger partial charge >= 0.3 is 0 Å². The van der Waals surface area contributed by atoms with Crippen LogP contribution in [0, 0.1) is 11.3 Å². The molecule has 1 N–H and O–H groups in total. The first kappa shape index (κ1) is 5.76. The normalized spacial score (nSPS) is 44.0. The zero-order valence-electron chi connectivity index (χ0n) is 4.92. The lowest BCUT2D eigenvalue weighted by Crippen LogP contribution is -2.03. The lowest BCUT2D eigenvalue weighted by molar-refractivity contribution is -0.109. The highest BCUT2D eigenvalue weighted by atomic mass is 16.3. The van der Waals surface area contributed by atoms with Crippen molar-refractivity contribution < 1.29 is 9.90 Å². The minimum absolute atomic E-state index is 0.0538. The van der Waals surface area contributed by atoms with Crippen LogP contribution in [0.25, 0.3) is 0 Å². The van der Waals surface area contributed by atoms with Gasteiger partial charge in [-0.2, -0.15) is 0 Å². The van der Waals surface area contributed by atoms with Crippen LogP contribution in [-0.2, 0) is 4.79 Å². The molecule has 1 rings (SSSR count). The number of rotatable bonds is 2. The first-order valence-corrected chi connectivity index (χ1v) is 2.79. The molecule has 1 saturated carbocycles. The maximum Gasteiger partial charge on any atom is 0.123 e. The van der Waals surface area contributed by atoms with Gasteiger partial charge in [-0.1, -0.05) is 6.92 Å². The highest BCUT2D eigenvalue weighted by Crippen LogP contribution is 2.49. The summed E-state index contributed by atoms with van der Waals surface area (Å²) in [6, 6.07) is 0. The Morgan fingerprint density at radius 3 is 2.75 bits per heavy atom. The third-order valence-electron chi connectivity index (χ3n) is 1.95. The number of hydrogen-bond donors (Lipinski definition) is 1. The molecule has 0 aromatic heterocycles. The zero-order valence-corrected chi connectivity index (χ0v) is 4.92. The molecule has 1 aliphatic carbocycles. The predicted octanol–water partition coefficient (Wildman–Crippen LogP) is 0.204. The van der Waals surface area contributed by atoms with E-state index in [0.717, 1.165) is 12.7 Å². The molecule has 1 aliphatic rings. The van der Waals surface area contributed by atoms with Gasteiger partial charge in [0, 0.05) is 17.9 Å². The van der Waals surface area contributed by atoms with E-state index >= 15 is 0 Å². The molecule has 0 aromatic rings. The molecule has 0 aliphatic heterocycles. The third-order valence-corrected chi connectivity index (χ3v) is 1.95. The Bertz CT molecular complexity index is 111. The van der Waals surface area contributed by atoms with Crippen LogP contribution >= 0.6 is 0 Å². The molecule has 2 nitrogen and oxygen atoms in total. The standard InChI is InChI=1S/C6H10O2/c1-6(4-8)2-5(6)3-7/h3,5,8H,2,4H2,1H3/t5-,6-/m0/s1. The fourth-order valence-corrected chi connectivity index (χ4v) is 0.838. The van der Waals surface area contributed by atoms with E-state index in [-0.39, 0.29) is 17.9 Å². The Morgan fingerprint density at radius 2 is 2.62 bits per heavy atom. The van der Waals surface area contributed by atoms with Crippen LogP contribution in [0.1, 0.15) is 13.3 Å². The van der Waals surface area contributed by atoms with Crippen LogP contribution in [0.15, 0.2) is 0 Å². The molecule has 0 saturated heterocycles. The van der Waals surface area contributed by atoms with Gasteiger partial charge in [0.2, 0.25) is 0 Å². The number of aliphatic hydroxyl groups is 1. The van der Waals surface area contributed by atoms with Crippen molar-refractivity contribution in [3.63, 3.8) is 0 Å². The number of aliphatic hydroxyl groups excluding tert-OH is 1. The summed E-state index contributed by atoms with van der Waals surface area (Å²) < 4.78 is 0. The molecule has 0 heterocycles. The molecule has 0 aromatic carbocycles. The molecule has 8 heavy (non-hydrogen) atoms. The summed E-state index contributed by atoms with van der Waals surface area (Å²) in [5, 5.41) is 8.61. The van der Waals surface area contributed by atoms with Gasteiger partial charge in [-0.05, 0) is 6.42 Å². The van der Waals surface area contributed by atoms with Crippen molar-refractivity contribution in [2.45, 2.75) is 13.3 Å². The van der Waals surface area contributed by atoms with Crippen molar-refractivity contribution in [2.24, 2.45) is 11.3 Å². The quantitative estimate of drug-likeness (QED) is 0.521. The molecule has 0 spiro atoms. The second-order valence-electron chi connectivity index (χ2n) is 2.76. The lowest BCUT2D eigenvalue weighted by atomic mass is 10.1. The fraction of sp³-hybridized carbons (Fsp3) is 0.833. The Hall–Kier alpha value is -0.370. The number of carbonyl (C=O) groups is 1. The van der Waals surface area contributed by atoms with Crippen LogP contribution in [0.2, 0.25) is 0 Å². The summed E-state index contributed by atoms with van der Waals surface area (Å²) in [6.07, 6.45) is 1.79. The summed E-state index contributed by atoms with van der Waals surface area (Å²) in [4.78, 5) is 10.0. The zero-order chi connectivity index (χ0) is 6.20. The van der Waals surface area contributed by atoms with E-state index in [1.807, 2.05) is 6.92 Å². The second kappa shape index (κ2) is 1.55. The van der Waals surface area contributed by atoms with Crippen molar-refractivity contribution in [3.8, 4) is 0 Å². The average molecular weight is 114 g/mol. The molecular formula is C6H10O2. The van der Waals surface area contributed by atoms with Crippen LogP contribution in [-0.4, -0.2) is 18.0 Å². The minimum atomic E-state index is -0.0538. The average Bonchev–Trinajstić information content (AvgIpc) is 2.44. The van der Waals surface area contributed by atoms with Gasteiger partial charge in [0.1, 0.15) is 6.29 Å². The molecule has 46 valence electrons. The minimum Gasteiger partial charge on any atom is -0.396 e. The molecular weight excluding hydrogens is 104 g/mol. The van der Waals surface area contributed by atoms with Gasteiger partial charge < -0.3 is 9.90 Å². The number of hydrogen-bond acceptors (Lipinski definition) is 2. The van der Waals surface area contributed by atoms with Gasteiger partial charge in [-0.25, -0.2) is 0 Å². The largest absolute Gasteiger partial charge is 0.396 e. The van der Waals surface area contributed by atoms with Gasteiger partial charge in [0.15, 0.2) is 0 Å². The van der Waals surface area contributed by atoms with E-state index in [9.17, 15) is 4.79 Å². The van der Waals surface area contributed by atoms with E-state index in [2.05, 4.69) is 0 Å². The van der Waals surface area contributed by atoms with E-state index < -0.39 is 0 Å². The summed E-state index contributed by atoms with van der Waals surface area (Å²) in [5.74, 6) is 0.132. The summed E-state index contributed by atoms with van der Waals surface area (Å²) in [5.41, 5.74) is -0.0538. The lowest BCUT2D eigenvalue weighted by Gasteiger charge is -1.99. The molecule has 2 heteroatoms. The summed E-state index contributed by atoms with van der Waals surface area (Å²) in [7, 11) is 0. The van der Waals surface area contributed by atoms with Gasteiger partial charge in [-0.3, -0.25) is 0 Å². The fourth-order valence-electron chi connectivity index (χ4n) is 0.838.